The molecule has 6 nitrogen and oxygen atoms in total. The molecule has 0 radical (unpaired) electrons. The second-order valence-electron chi connectivity index (χ2n) is 4.43. The molecule has 110 valence electrons. The summed E-state index contributed by atoms with van der Waals surface area (Å²) in [5.41, 5.74) is -0.576. The van der Waals surface area contributed by atoms with E-state index >= 15 is 0 Å². The van der Waals surface area contributed by atoms with Crippen molar-refractivity contribution in [3.63, 3.8) is 0 Å². The van der Waals surface area contributed by atoms with Gasteiger partial charge in [-0.15, -0.1) is 0 Å². The van der Waals surface area contributed by atoms with E-state index in [-0.39, 0.29) is 17.2 Å². The molecule has 22 heavy (non-hydrogen) atoms. The van der Waals surface area contributed by atoms with E-state index in [4.69, 9.17) is 9.15 Å². The van der Waals surface area contributed by atoms with Crippen molar-refractivity contribution in [3.8, 4) is 11.5 Å². The minimum Gasteiger partial charge on any atom is -0.454 e. The second kappa shape index (κ2) is 5.28. The number of hydrogen-bond acceptors (Lipinski definition) is 5. The number of nitrogens with zero attached hydrogens (tertiary/aromatic N) is 1. The summed E-state index contributed by atoms with van der Waals surface area (Å²) < 4.78 is 24.1. The van der Waals surface area contributed by atoms with Gasteiger partial charge in [-0.3, -0.25) is 10.1 Å². The van der Waals surface area contributed by atoms with E-state index in [1.54, 1.807) is 18.2 Å². The molecule has 1 aromatic heterocycles. The summed E-state index contributed by atoms with van der Waals surface area (Å²) in [4.78, 5) is 21.0. The fraction of sp³-hybridized carbons (Fsp3) is 0. The van der Waals surface area contributed by atoms with Crippen molar-refractivity contribution >= 4 is 16.7 Å². The van der Waals surface area contributed by atoms with E-state index in [0.29, 0.717) is 11.0 Å². The molecule has 0 spiro atoms. The van der Waals surface area contributed by atoms with Gasteiger partial charge in [-0.1, -0.05) is 0 Å². The SMILES string of the molecule is O=c1ccc2ccc(Oc3ccc([N+](=O)[O-])cc3F)cc2o1. The molecule has 0 saturated carbocycles. The molecule has 0 unspecified atom stereocenters. The van der Waals surface area contributed by atoms with Crippen LogP contribution in [-0.4, -0.2) is 4.92 Å². The molecule has 7 heteroatoms. The van der Waals surface area contributed by atoms with Crippen LogP contribution in [0.1, 0.15) is 0 Å². The van der Waals surface area contributed by atoms with Gasteiger partial charge in [-0.2, -0.15) is 0 Å². The fourth-order valence-corrected chi connectivity index (χ4v) is 1.92. The zero-order valence-electron chi connectivity index (χ0n) is 11.0. The van der Waals surface area contributed by atoms with Gasteiger partial charge in [-0.05, 0) is 24.3 Å². The Bertz CT molecular complexity index is 935. The molecule has 0 bridgehead atoms. The topological polar surface area (TPSA) is 82.6 Å². The summed E-state index contributed by atoms with van der Waals surface area (Å²) in [6.07, 6.45) is 0. The van der Waals surface area contributed by atoms with E-state index < -0.39 is 16.4 Å². The van der Waals surface area contributed by atoms with Gasteiger partial charge in [0, 0.05) is 23.6 Å². The summed E-state index contributed by atoms with van der Waals surface area (Å²) in [5.74, 6) is -0.776. The maximum Gasteiger partial charge on any atom is 0.336 e. The first-order valence-electron chi connectivity index (χ1n) is 6.19. The third-order valence-corrected chi connectivity index (χ3v) is 2.95. The Morgan fingerprint density at radius 1 is 1.09 bits per heavy atom. The molecule has 1 heterocycles. The molecule has 0 amide bonds. The average molecular weight is 301 g/mol. The highest BCUT2D eigenvalue weighted by Gasteiger charge is 2.12. The molecule has 2 aromatic carbocycles. The molecule has 0 atom stereocenters. The molecule has 0 aliphatic carbocycles. The van der Waals surface area contributed by atoms with E-state index in [9.17, 15) is 19.3 Å². The summed E-state index contributed by atoms with van der Waals surface area (Å²) in [7, 11) is 0. The number of benzene rings is 2. The number of fused-ring (bicyclic) bond motifs is 1. The lowest BCUT2D eigenvalue weighted by molar-refractivity contribution is -0.385. The van der Waals surface area contributed by atoms with Crippen LogP contribution in [0.3, 0.4) is 0 Å². The van der Waals surface area contributed by atoms with Crippen molar-refractivity contribution in [3.05, 3.63) is 74.9 Å². The van der Waals surface area contributed by atoms with E-state index in [2.05, 4.69) is 0 Å². The highest BCUT2D eigenvalue weighted by Crippen LogP contribution is 2.29. The number of hydrogen-bond donors (Lipinski definition) is 0. The lowest BCUT2D eigenvalue weighted by Crippen LogP contribution is -1.95. The van der Waals surface area contributed by atoms with Crippen LogP contribution in [-0.2, 0) is 0 Å². The molecular formula is C15H8FNO5. The van der Waals surface area contributed by atoms with Crippen molar-refractivity contribution in [2.24, 2.45) is 0 Å². The molecule has 0 fully saturated rings. The van der Waals surface area contributed by atoms with Gasteiger partial charge in [0.05, 0.1) is 11.0 Å². The number of rotatable bonds is 3. The largest absolute Gasteiger partial charge is 0.454 e. The normalized spacial score (nSPS) is 10.6. The van der Waals surface area contributed by atoms with Crippen LogP contribution in [0.2, 0.25) is 0 Å². The fourth-order valence-electron chi connectivity index (χ4n) is 1.92. The van der Waals surface area contributed by atoms with E-state index in [1.807, 2.05) is 0 Å². The quantitative estimate of drug-likeness (QED) is 0.419. The predicted octanol–water partition coefficient (Wildman–Crippen LogP) is 3.63. The van der Waals surface area contributed by atoms with Gasteiger partial charge < -0.3 is 9.15 Å². The Morgan fingerprint density at radius 3 is 2.59 bits per heavy atom. The lowest BCUT2D eigenvalue weighted by atomic mass is 10.2. The predicted molar refractivity (Wildman–Crippen MR) is 75.6 cm³/mol. The van der Waals surface area contributed by atoms with Crippen LogP contribution in [0.15, 0.2) is 57.7 Å². The van der Waals surface area contributed by atoms with Crippen LogP contribution < -0.4 is 10.4 Å². The van der Waals surface area contributed by atoms with Crippen LogP contribution in [0, 0.1) is 15.9 Å². The summed E-state index contributed by atoms with van der Waals surface area (Å²) in [6, 6.07) is 10.6. The highest BCUT2D eigenvalue weighted by molar-refractivity contribution is 5.77. The van der Waals surface area contributed by atoms with Gasteiger partial charge in [-0.25, -0.2) is 9.18 Å². The van der Waals surface area contributed by atoms with E-state index in [1.165, 1.54) is 18.2 Å². The molecular weight excluding hydrogens is 293 g/mol. The van der Waals surface area contributed by atoms with Crippen molar-refractivity contribution < 1.29 is 18.5 Å². The van der Waals surface area contributed by atoms with Crippen molar-refractivity contribution in [1.29, 1.82) is 0 Å². The maximum atomic E-state index is 13.8. The monoisotopic (exact) mass is 301 g/mol. The van der Waals surface area contributed by atoms with Gasteiger partial charge in [0.2, 0.25) is 0 Å². The zero-order valence-corrected chi connectivity index (χ0v) is 11.0. The third kappa shape index (κ3) is 2.64. The van der Waals surface area contributed by atoms with Crippen molar-refractivity contribution in [2.45, 2.75) is 0 Å². The first-order chi connectivity index (χ1) is 10.5. The minimum atomic E-state index is -0.858. The summed E-state index contributed by atoms with van der Waals surface area (Å²) in [6.45, 7) is 0. The number of nitro groups is 1. The highest BCUT2D eigenvalue weighted by atomic mass is 19.1. The van der Waals surface area contributed by atoms with Crippen LogP contribution >= 0.6 is 0 Å². The Balaban J connectivity index is 1.96. The molecule has 0 aliphatic heterocycles. The van der Waals surface area contributed by atoms with Crippen LogP contribution in [0.5, 0.6) is 11.5 Å². The number of ether oxygens (including phenoxy) is 1. The first-order valence-corrected chi connectivity index (χ1v) is 6.19. The molecule has 0 saturated heterocycles. The third-order valence-electron chi connectivity index (χ3n) is 2.95. The Kier molecular flexibility index (Phi) is 3.30. The Hall–Kier alpha value is -3.22. The lowest BCUT2D eigenvalue weighted by Gasteiger charge is -2.07. The number of non-ortho nitro benzene ring substituents is 1. The zero-order chi connectivity index (χ0) is 15.7. The number of nitro benzene ring substituents is 1. The van der Waals surface area contributed by atoms with E-state index in [0.717, 1.165) is 12.1 Å². The van der Waals surface area contributed by atoms with Crippen molar-refractivity contribution in [2.75, 3.05) is 0 Å². The molecule has 3 rings (SSSR count). The van der Waals surface area contributed by atoms with Gasteiger partial charge in [0.25, 0.3) is 5.69 Å². The van der Waals surface area contributed by atoms with Gasteiger partial charge >= 0.3 is 5.63 Å². The Labute approximate surface area is 122 Å². The number of halogens is 1. The molecule has 0 aliphatic rings. The minimum absolute atomic E-state index is 0.164. The second-order valence-corrected chi connectivity index (χ2v) is 4.43. The maximum absolute atomic E-state index is 13.8. The Morgan fingerprint density at radius 2 is 1.86 bits per heavy atom. The van der Waals surface area contributed by atoms with Crippen LogP contribution in [0.25, 0.3) is 11.0 Å². The van der Waals surface area contributed by atoms with Gasteiger partial charge in [0.1, 0.15) is 11.3 Å². The molecule has 0 N–H and O–H groups in total. The van der Waals surface area contributed by atoms with Crippen LogP contribution in [0.4, 0.5) is 10.1 Å². The van der Waals surface area contributed by atoms with Crippen molar-refractivity contribution in [1.82, 2.24) is 0 Å². The summed E-state index contributed by atoms with van der Waals surface area (Å²) >= 11 is 0. The van der Waals surface area contributed by atoms with Gasteiger partial charge in [0.15, 0.2) is 11.6 Å². The molecule has 3 aromatic rings. The average Bonchev–Trinajstić information content (AvgIpc) is 2.48. The standard InChI is InChI=1S/C15H8FNO5/c16-12-7-10(17(19)20)3-5-13(12)21-11-4-1-9-2-6-15(18)22-14(9)8-11/h1-8H. The summed E-state index contributed by atoms with van der Waals surface area (Å²) in [5, 5.41) is 11.2. The first kappa shape index (κ1) is 13.7. The smallest absolute Gasteiger partial charge is 0.336 e.